The monoisotopic (exact) mass is 359 g/mol. The second kappa shape index (κ2) is 5.08. The summed E-state index contributed by atoms with van der Waals surface area (Å²) >= 11 is 0. The fourth-order valence-electron chi connectivity index (χ4n) is 5.21. The minimum atomic E-state index is 0.904. The smallest absolute Gasteiger partial charge is 0.0563 e. The van der Waals surface area contributed by atoms with Gasteiger partial charge >= 0.3 is 0 Å². The number of anilines is 3. The lowest BCUT2D eigenvalue weighted by Gasteiger charge is -2.39. The summed E-state index contributed by atoms with van der Waals surface area (Å²) in [6, 6.07) is 15.8. The molecule has 2 aromatic carbocycles. The minimum Gasteiger partial charge on any atom is -0.309 e. The Bertz CT molecular complexity index is 1310. The Morgan fingerprint density at radius 2 is 1.39 bits per heavy atom. The van der Waals surface area contributed by atoms with E-state index in [1.165, 1.54) is 61.6 Å². The number of nitrogens with zero attached hydrogens (tertiary/aromatic N) is 3. The van der Waals surface area contributed by atoms with Crippen LogP contribution in [0.5, 0.6) is 0 Å². The molecule has 0 bridgehead atoms. The molecule has 1 aliphatic carbocycles. The zero-order valence-electron chi connectivity index (χ0n) is 15.3. The molecule has 4 heterocycles. The quantitative estimate of drug-likeness (QED) is 0.367. The van der Waals surface area contributed by atoms with Gasteiger partial charge in [0.25, 0.3) is 0 Å². The molecule has 4 aromatic rings. The molecule has 2 aromatic heterocycles. The summed E-state index contributed by atoms with van der Waals surface area (Å²) in [5.74, 6) is 0. The van der Waals surface area contributed by atoms with E-state index in [1.807, 2.05) is 24.8 Å². The van der Waals surface area contributed by atoms with Crippen LogP contribution in [0.1, 0.15) is 33.4 Å². The van der Waals surface area contributed by atoms with Crippen molar-refractivity contribution < 1.29 is 0 Å². The van der Waals surface area contributed by atoms with Crippen LogP contribution in [0, 0.1) is 0 Å². The van der Waals surface area contributed by atoms with E-state index >= 15 is 0 Å². The van der Waals surface area contributed by atoms with E-state index < -0.39 is 0 Å². The van der Waals surface area contributed by atoms with E-state index in [4.69, 9.17) is 0 Å². The molecule has 3 heteroatoms. The maximum atomic E-state index is 4.54. The van der Waals surface area contributed by atoms with Gasteiger partial charge in [-0.05, 0) is 69.1 Å². The number of aromatic nitrogens is 2. The summed E-state index contributed by atoms with van der Waals surface area (Å²) in [4.78, 5) is 11.4. The second-order valence-electron chi connectivity index (χ2n) is 7.97. The zero-order valence-corrected chi connectivity index (χ0v) is 15.3. The van der Waals surface area contributed by atoms with E-state index in [2.05, 4.69) is 57.3 Å². The number of hydrogen-bond donors (Lipinski definition) is 0. The first-order valence-electron chi connectivity index (χ1n) is 9.80. The first-order chi connectivity index (χ1) is 13.9. The summed E-state index contributed by atoms with van der Waals surface area (Å²) in [5.41, 5.74) is 14.8. The molecular weight excluding hydrogens is 342 g/mol. The number of rotatable bonds is 0. The van der Waals surface area contributed by atoms with Gasteiger partial charge in [-0.1, -0.05) is 24.3 Å². The summed E-state index contributed by atoms with van der Waals surface area (Å²) in [5, 5.41) is 0. The lowest BCUT2D eigenvalue weighted by atomic mass is 9.87. The summed E-state index contributed by atoms with van der Waals surface area (Å²) in [6.45, 7) is 0. The Hall–Kier alpha value is -3.46. The number of benzene rings is 2. The van der Waals surface area contributed by atoms with Crippen LogP contribution in [0.15, 0.2) is 67.3 Å². The van der Waals surface area contributed by atoms with Crippen LogP contribution < -0.4 is 4.90 Å². The van der Waals surface area contributed by atoms with Crippen molar-refractivity contribution in [1.82, 2.24) is 9.97 Å². The molecule has 0 N–H and O–H groups in total. The van der Waals surface area contributed by atoms with Crippen molar-refractivity contribution in [1.29, 1.82) is 0 Å². The maximum Gasteiger partial charge on any atom is 0.0563 e. The van der Waals surface area contributed by atoms with Crippen LogP contribution >= 0.6 is 0 Å². The molecule has 28 heavy (non-hydrogen) atoms. The Kier molecular flexibility index (Phi) is 2.64. The molecule has 0 unspecified atom stereocenters. The van der Waals surface area contributed by atoms with Gasteiger partial charge in [0.15, 0.2) is 0 Å². The largest absolute Gasteiger partial charge is 0.309 e. The molecular formula is C25H17N3. The molecule has 7 rings (SSSR count). The highest BCUT2D eigenvalue weighted by Gasteiger charge is 2.33. The SMILES string of the molecule is c1ccc2c(c1)Cc1cc3c(cc1-2)Cc1cncc2c1N3c1ccncc1C2. The Morgan fingerprint density at radius 1 is 0.607 bits per heavy atom. The van der Waals surface area contributed by atoms with E-state index in [0.29, 0.717) is 0 Å². The van der Waals surface area contributed by atoms with Crippen molar-refractivity contribution in [3.05, 3.63) is 101 Å². The second-order valence-corrected chi connectivity index (χ2v) is 7.97. The number of hydrogen-bond acceptors (Lipinski definition) is 3. The third-order valence-electron chi connectivity index (χ3n) is 6.41. The molecule has 0 atom stereocenters. The fraction of sp³-hybridized carbons (Fsp3) is 0.120. The van der Waals surface area contributed by atoms with Crippen LogP contribution in [-0.4, -0.2) is 9.97 Å². The van der Waals surface area contributed by atoms with Crippen LogP contribution in [-0.2, 0) is 19.3 Å². The predicted octanol–water partition coefficient (Wildman–Crippen LogP) is 5.33. The minimum absolute atomic E-state index is 0.904. The molecule has 0 amide bonds. The van der Waals surface area contributed by atoms with E-state index in [9.17, 15) is 0 Å². The van der Waals surface area contributed by atoms with E-state index in [1.54, 1.807) is 0 Å². The van der Waals surface area contributed by atoms with Gasteiger partial charge in [0, 0.05) is 37.6 Å². The van der Waals surface area contributed by atoms with Crippen LogP contribution in [0.25, 0.3) is 11.1 Å². The first kappa shape index (κ1) is 14.6. The van der Waals surface area contributed by atoms with Crippen molar-refractivity contribution in [2.45, 2.75) is 19.3 Å². The third-order valence-corrected chi connectivity index (χ3v) is 6.41. The van der Waals surface area contributed by atoms with Gasteiger partial charge in [0.2, 0.25) is 0 Å². The summed E-state index contributed by atoms with van der Waals surface area (Å²) < 4.78 is 0. The van der Waals surface area contributed by atoms with Crippen molar-refractivity contribution in [3.63, 3.8) is 0 Å². The van der Waals surface area contributed by atoms with Crippen LogP contribution in [0.4, 0.5) is 17.1 Å². The zero-order chi connectivity index (χ0) is 18.2. The molecule has 0 fully saturated rings. The topological polar surface area (TPSA) is 29.0 Å². The standard InChI is InChI=1S/C25H17N3/c1-2-4-21-15(3-1)7-16-11-24-17(10-22(16)21)8-19-13-27-14-20-9-18-12-26-6-5-23(18)28(24)25(19)20/h1-6,10-14H,7-9H2. The molecule has 3 nitrogen and oxygen atoms in total. The van der Waals surface area contributed by atoms with Gasteiger partial charge in [-0.15, -0.1) is 0 Å². The molecule has 0 radical (unpaired) electrons. The van der Waals surface area contributed by atoms with Crippen molar-refractivity contribution in [2.24, 2.45) is 0 Å². The highest BCUT2D eigenvalue weighted by Crippen LogP contribution is 2.51. The van der Waals surface area contributed by atoms with Crippen LogP contribution in [0.3, 0.4) is 0 Å². The normalized spacial score (nSPS) is 14.6. The van der Waals surface area contributed by atoms with Gasteiger partial charge in [0.1, 0.15) is 0 Å². The molecule has 3 aliphatic rings. The van der Waals surface area contributed by atoms with E-state index in [-0.39, 0.29) is 0 Å². The van der Waals surface area contributed by atoms with Gasteiger partial charge in [-0.2, -0.15) is 0 Å². The van der Waals surface area contributed by atoms with Gasteiger partial charge in [-0.3, -0.25) is 9.97 Å². The molecule has 0 saturated carbocycles. The van der Waals surface area contributed by atoms with Gasteiger partial charge in [0.05, 0.1) is 17.1 Å². The average Bonchev–Trinajstić information content (AvgIpc) is 3.09. The van der Waals surface area contributed by atoms with Crippen LogP contribution in [0.2, 0.25) is 0 Å². The van der Waals surface area contributed by atoms with Gasteiger partial charge in [-0.25, -0.2) is 0 Å². The lowest BCUT2D eigenvalue weighted by Crippen LogP contribution is -2.25. The summed E-state index contributed by atoms with van der Waals surface area (Å²) in [7, 11) is 0. The summed E-state index contributed by atoms with van der Waals surface area (Å²) in [6.07, 6.45) is 10.8. The fourth-order valence-corrected chi connectivity index (χ4v) is 5.21. The number of fused-ring (bicyclic) bond motifs is 7. The van der Waals surface area contributed by atoms with E-state index in [0.717, 1.165) is 19.3 Å². The predicted molar refractivity (Wildman–Crippen MR) is 111 cm³/mol. The Labute approximate surface area is 163 Å². The Balaban J connectivity index is 1.51. The molecule has 132 valence electrons. The Morgan fingerprint density at radius 3 is 2.32 bits per heavy atom. The molecule has 2 aliphatic heterocycles. The van der Waals surface area contributed by atoms with Gasteiger partial charge < -0.3 is 4.90 Å². The third kappa shape index (κ3) is 1.79. The number of pyridine rings is 2. The van der Waals surface area contributed by atoms with Crippen molar-refractivity contribution in [2.75, 3.05) is 4.90 Å². The lowest BCUT2D eigenvalue weighted by molar-refractivity contribution is 0.975. The highest BCUT2D eigenvalue weighted by atomic mass is 15.2. The van der Waals surface area contributed by atoms with Crippen molar-refractivity contribution >= 4 is 17.1 Å². The highest BCUT2D eigenvalue weighted by molar-refractivity contribution is 5.91. The maximum absolute atomic E-state index is 4.54. The molecule has 0 saturated heterocycles. The first-order valence-corrected chi connectivity index (χ1v) is 9.80. The average molecular weight is 359 g/mol. The van der Waals surface area contributed by atoms with Crippen molar-refractivity contribution in [3.8, 4) is 11.1 Å². The molecule has 0 spiro atoms.